The van der Waals surface area contributed by atoms with Crippen LogP contribution in [0.4, 0.5) is 0 Å². The van der Waals surface area contributed by atoms with E-state index in [2.05, 4.69) is 16.9 Å². The molecule has 146 valence electrons. The number of rotatable bonds is 7. The first-order valence-electron chi connectivity index (χ1n) is 9.34. The normalized spacial score (nSPS) is 11.5. The van der Waals surface area contributed by atoms with Crippen molar-refractivity contribution < 1.29 is 0 Å². The van der Waals surface area contributed by atoms with Crippen molar-refractivity contribution in [3.05, 3.63) is 68.6 Å². The van der Waals surface area contributed by atoms with Crippen molar-refractivity contribution in [2.24, 2.45) is 14.1 Å². The molecule has 0 bridgehead atoms. The molecule has 0 aliphatic carbocycles. The van der Waals surface area contributed by atoms with Gasteiger partial charge in [-0.05, 0) is 12.0 Å². The largest absolute Gasteiger partial charge is 0.332 e. The Morgan fingerprint density at radius 3 is 2.54 bits per heavy atom. The van der Waals surface area contributed by atoms with Crippen LogP contribution < -0.4 is 11.2 Å². The summed E-state index contributed by atoms with van der Waals surface area (Å²) in [7, 11) is 3.13. The van der Waals surface area contributed by atoms with Crippen molar-refractivity contribution in [3.63, 3.8) is 0 Å². The summed E-state index contributed by atoms with van der Waals surface area (Å²) in [5.41, 5.74) is 0.800. The van der Waals surface area contributed by atoms with Gasteiger partial charge in [0.25, 0.3) is 5.56 Å². The van der Waals surface area contributed by atoms with Crippen LogP contribution >= 0.6 is 11.8 Å². The predicted molar refractivity (Wildman–Crippen MR) is 115 cm³/mol. The van der Waals surface area contributed by atoms with Crippen LogP contribution in [0, 0.1) is 0 Å². The zero-order valence-electron chi connectivity index (χ0n) is 16.4. The molecule has 0 N–H and O–H groups in total. The highest BCUT2D eigenvalue weighted by molar-refractivity contribution is 7.99. The monoisotopic (exact) mass is 396 g/mol. The molecule has 2 aromatic heterocycles. The maximum absolute atomic E-state index is 12.7. The van der Waals surface area contributed by atoms with Crippen LogP contribution in [0.3, 0.4) is 0 Å². The lowest BCUT2D eigenvalue weighted by Crippen LogP contribution is -2.37. The number of benzene rings is 1. The average Bonchev–Trinajstić information content (AvgIpc) is 2.72. The first kappa shape index (κ1) is 20.1. The van der Waals surface area contributed by atoms with Gasteiger partial charge in [0.05, 0.1) is 0 Å². The molecule has 7 heteroatoms. The van der Waals surface area contributed by atoms with Gasteiger partial charge in [-0.3, -0.25) is 13.9 Å². The Morgan fingerprint density at radius 2 is 1.82 bits per heavy atom. The van der Waals surface area contributed by atoms with E-state index in [4.69, 9.17) is 0 Å². The minimum absolute atomic E-state index is 0.352. The van der Waals surface area contributed by atoms with Crippen LogP contribution in [0.25, 0.3) is 17.1 Å². The van der Waals surface area contributed by atoms with E-state index in [9.17, 15) is 9.59 Å². The molecule has 0 atom stereocenters. The van der Waals surface area contributed by atoms with Crippen LogP contribution in [0.1, 0.15) is 31.2 Å². The molecule has 3 rings (SSSR count). The molecule has 0 radical (unpaired) electrons. The van der Waals surface area contributed by atoms with E-state index in [1.807, 2.05) is 42.5 Å². The fourth-order valence-corrected chi connectivity index (χ4v) is 3.74. The van der Waals surface area contributed by atoms with Crippen molar-refractivity contribution in [3.8, 4) is 0 Å². The minimum atomic E-state index is -0.377. The molecule has 0 fully saturated rings. The lowest BCUT2D eigenvalue weighted by molar-refractivity contribution is 0.690. The topological polar surface area (TPSA) is 69.8 Å². The number of nitrogens with zero attached hydrogens (tertiary/aromatic N) is 4. The summed E-state index contributed by atoms with van der Waals surface area (Å²) in [5.74, 6) is 1.34. The molecule has 0 amide bonds. The van der Waals surface area contributed by atoms with Crippen LogP contribution in [0.5, 0.6) is 0 Å². The van der Waals surface area contributed by atoms with E-state index in [0.29, 0.717) is 27.6 Å². The number of unbranched alkanes of at least 4 members (excludes halogenated alkanes) is 1. The van der Waals surface area contributed by atoms with Crippen molar-refractivity contribution in [2.45, 2.75) is 31.2 Å². The number of hydrogen-bond acceptors (Lipinski definition) is 5. The summed E-state index contributed by atoms with van der Waals surface area (Å²) in [4.78, 5) is 34.2. The number of fused-ring (bicyclic) bond motifs is 1. The first-order valence-corrected chi connectivity index (χ1v) is 10.3. The zero-order chi connectivity index (χ0) is 20.1. The third kappa shape index (κ3) is 4.25. The second-order valence-corrected chi connectivity index (χ2v) is 7.59. The fourth-order valence-electron chi connectivity index (χ4n) is 2.90. The molecule has 3 aromatic rings. The van der Waals surface area contributed by atoms with Crippen LogP contribution in [-0.4, -0.2) is 24.9 Å². The summed E-state index contributed by atoms with van der Waals surface area (Å²) >= 11 is 1.49. The molecule has 2 heterocycles. The molecular formula is C21H24N4O2S. The molecule has 0 aliphatic rings. The van der Waals surface area contributed by atoms with E-state index >= 15 is 0 Å². The van der Waals surface area contributed by atoms with Gasteiger partial charge in [0.2, 0.25) is 0 Å². The second kappa shape index (κ2) is 9.01. The molecule has 0 saturated carbocycles. The third-order valence-electron chi connectivity index (χ3n) is 4.49. The van der Waals surface area contributed by atoms with Gasteiger partial charge < -0.3 is 0 Å². The summed E-state index contributed by atoms with van der Waals surface area (Å²) in [5, 5.41) is 1.04. The summed E-state index contributed by atoms with van der Waals surface area (Å²) in [6, 6.07) is 10.0. The highest BCUT2D eigenvalue weighted by Gasteiger charge is 2.16. The molecule has 1 aromatic carbocycles. The number of thioether (sulfide) groups is 1. The van der Waals surface area contributed by atoms with E-state index in [1.165, 1.54) is 23.4 Å². The maximum Gasteiger partial charge on any atom is 0.332 e. The van der Waals surface area contributed by atoms with Gasteiger partial charge in [-0.15, -0.1) is 11.8 Å². The lowest BCUT2D eigenvalue weighted by Gasteiger charge is -2.11. The third-order valence-corrected chi connectivity index (χ3v) is 5.42. The molecular weight excluding hydrogens is 372 g/mol. The Morgan fingerprint density at radius 1 is 1.07 bits per heavy atom. The van der Waals surface area contributed by atoms with E-state index < -0.39 is 0 Å². The number of hydrogen-bond donors (Lipinski definition) is 0. The Labute approximate surface area is 168 Å². The molecule has 0 unspecified atom stereocenters. The molecule has 0 spiro atoms. The Bertz CT molecular complexity index is 1120. The van der Waals surface area contributed by atoms with Gasteiger partial charge in [0.1, 0.15) is 16.2 Å². The quantitative estimate of drug-likeness (QED) is 0.453. The molecule has 28 heavy (non-hydrogen) atoms. The van der Waals surface area contributed by atoms with Gasteiger partial charge in [-0.1, -0.05) is 55.8 Å². The van der Waals surface area contributed by atoms with E-state index in [-0.39, 0.29) is 11.2 Å². The van der Waals surface area contributed by atoms with Gasteiger partial charge in [-0.25, -0.2) is 14.8 Å². The summed E-state index contributed by atoms with van der Waals surface area (Å²) in [6.07, 6.45) is 6.80. The Kier molecular flexibility index (Phi) is 6.46. The zero-order valence-corrected chi connectivity index (χ0v) is 17.2. The summed E-state index contributed by atoms with van der Waals surface area (Å²) < 4.78 is 2.54. The van der Waals surface area contributed by atoms with Crippen molar-refractivity contribution in [1.82, 2.24) is 19.1 Å². The maximum atomic E-state index is 12.7. The molecule has 0 aliphatic heterocycles. The van der Waals surface area contributed by atoms with Crippen molar-refractivity contribution in [1.29, 1.82) is 0 Å². The lowest BCUT2D eigenvalue weighted by atomic mass is 10.2. The summed E-state index contributed by atoms with van der Waals surface area (Å²) in [6.45, 7) is 2.11. The second-order valence-electron chi connectivity index (χ2n) is 6.58. The SMILES string of the molecule is CCCCc1nc(SC/C=C/c2ccccc2)c2c(=O)n(C)c(=O)n(C)c2n1. The molecule has 6 nitrogen and oxygen atoms in total. The Hall–Kier alpha value is -2.67. The van der Waals surface area contributed by atoms with Crippen molar-refractivity contribution >= 4 is 28.9 Å². The average molecular weight is 397 g/mol. The standard InChI is InChI=1S/C21H24N4O2S/c1-4-5-13-16-22-18-17(20(26)25(3)21(27)24(18)2)19(23-16)28-14-9-12-15-10-7-6-8-11-15/h6-12H,4-5,13-14H2,1-3H3/b12-9+. The van der Waals surface area contributed by atoms with Gasteiger partial charge in [0, 0.05) is 26.3 Å². The Balaban J connectivity index is 2.00. The fraction of sp³-hybridized carbons (Fsp3) is 0.333. The highest BCUT2D eigenvalue weighted by atomic mass is 32.2. The number of aromatic nitrogens is 4. The van der Waals surface area contributed by atoms with E-state index in [0.717, 1.165) is 29.4 Å². The van der Waals surface area contributed by atoms with Gasteiger partial charge in [0.15, 0.2) is 5.65 Å². The first-order chi connectivity index (χ1) is 13.5. The van der Waals surface area contributed by atoms with E-state index in [1.54, 1.807) is 7.05 Å². The van der Waals surface area contributed by atoms with Crippen LogP contribution in [0.15, 0.2) is 51.0 Å². The number of aryl methyl sites for hydroxylation is 2. The van der Waals surface area contributed by atoms with Crippen molar-refractivity contribution in [2.75, 3.05) is 5.75 Å². The predicted octanol–water partition coefficient (Wildman–Crippen LogP) is 3.18. The smallest absolute Gasteiger partial charge is 0.280 e. The molecule has 0 saturated heterocycles. The van der Waals surface area contributed by atoms with Gasteiger partial charge >= 0.3 is 5.69 Å². The van der Waals surface area contributed by atoms with Crippen LogP contribution in [-0.2, 0) is 20.5 Å². The minimum Gasteiger partial charge on any atom is -0.280 e. The highest BCUT2D eigenvalue weighted by Crippen LogP contribution is 2.23. The van der Waals surface area contributed by atoms with Gasteiger partial charge in [-0.2, -0.15) is 0 Å². The van der Waals surface area contributed by atoms with Crippen LogP contribution in [0.2, 0.25) is 0 Å².